The zero-order valence-electron chi connectivity index (χ0n) is 10.3. The van der Waals surface area contributed by atoms with Gasteiger partial charge in [-0.05, 0) is 18.2 Å². The van der Waals surface area contributed by atoms with E-state index < -0.39 is 11.6 Å². The van der Waals surface area contributed by atoms with Crippen molar-refractivity contribution in [1.82, 2.24) is 14.8 Å². The van der Waals surface area contributed by atoms with Crippen LogP contribution in [0.4, 0.5) is 14.5 Å². The zero-order chi connectivity index (χ0) is 14.1. The number of hydrogen-bond donors (Lipinski definition) is 1. The molecule has 4 nitrogen and oxygen atoms in total. The largest absolute Gasteiger partial charge is 0.398 e. The summed E-state index contributed by atoms with van der Waals surface area (Å²) in [4.78, 5) is 0. The Balaban J connectivity index is 2.18. The molecule has 1 heterocycles. The Morgan fingerprint density at radius 2 is 1.70 bits per heavy atom. The van der Waals surface area contributed by atoms with Crippen LogP contribution in [-0.4, -0.2) is 14.8 Å². The average Bonchev–Trinajstić information content (AvgIpc) is 2.93. The molecule has 1 aromatic heterocycles. The Kier molecular flexibility index (Phi) is 2.90. The van der Waals surface area contributed by atoms with Gasteiger partial charge < -0.3 is 5.73 Å². The van der Waals surface area contributed by atoms with Gasteiger partial charge in [-0.15, -0.1) is 10.2 Å². The average molecular weight is 272 g/mol. The summed E-state index contributed by atoms with van der Waals surface area (Å²) < 4.78 is 28.2. The highest BCUT2D eigenvalue weighted by Gasteiger charge is 2.15. The Morgan fingerprint density at radius 3 is 2.45 bits per heavy atom. The van der Waals surface area contributed by atoms with E-state index in [0.29, 0.717) is 11.4 Å². The van der Waals surface area contributed by atoms with Gasteiger partial charge in [0.1, 0.15) is 6.33 Å². The number of nitrogens with two attached hydrogens (primary N) is 1. The van der Waals surface area contributed by atoms with Crippen LogP contribution in [0.25, 0.3) is 17.1 Å². The smallest absolute Gasteiger partial charge is 0.170 e. The van der Waals surface area contributed by atoms with E-state index in [4.69, 9.17) is 5.73 Å². The van der Waals surface area contributed by atoms with Gasteiger partial charge in [-0.3, -0.25) is 4.57 Å². The number of halogens is 2. The van der Waals surface area contributed by atoms with Crippen molar-refractivity contribution in [2.24, 2.45) is 0 Å². The van der Waals surface area contributed by atoms with Gasteiger partial charge in [0, 0.05) is 23.0 Å². The lowest BCUT2D eigenvalue weighted by Crippen LogP contribution is -2.01. The lowest BCUT2D eigenvalue weighted by atomic mass is 10.1. The van der Waals surface area contributed by atoms with Gasteiger partial charge in [0.05, 0.1) is 0 Å². The van der Waals surface area contributed by atoms with Gasteiger partial charge in [0.2, 0.25) is 0 Å². The van der Waals surface area contributed by atoms with E-state index >= 15 is 0 Å². The van der Waals surface area contributed by atoms with Crippen LogP contribution in [0.1, 0.15) is 0 Å². The van der Waals surface area contributed by atoms with Crippen LogP contribution in [0, 0.1) is 11.6 Å². The van der Waals surface area contributed by atoms with Crippen LogP contribution in [0.2, 0.25) is 0 Å². The molecule has 0 atom stereocenters. The lowest BCUT2D eigenvalue weighted by molar-refractivity contribution is 0.509. The molecule has 0 saturated heterocycles. The molecule has 100 valence electrons. The first-order chi connectivity index (χ1) is 9.66. The van der Waals surface area contributed by atoms with Crippen molar-refractivity contribution >= 4 is 5.69 Å². The molecule has 0 bridgehead atoms. The molecule has 0 aliphatic carbocycles. The number of nitrogens with zero attached hydrogens (tertiary/aromatic N) is 3. The Morgan fingerprint density at radius 1 is 1.00 bits per heavy atom. The van der Waals surface area contributed by atoms with Gasteiger partial charge in [-0.2, -0.15) is 0 Å². The first kappa shape index (κ1) is 12.3. The third-order valence-electron chi connectivity index (χ3n) is 2.92. The molecule has 2 N–H and O–H groups in total. The molecule has 6 heteroatoms. The second kappa shape index (κ2) is 4.73. The second-order valence-corrected chi connectivity index (χ2v) is 4.21. The van der Waals surface area contributed by atoms with Crippen molar-refractivity contribution < 1.29 is 8.78 Å². The summed E-state index contributed by atoms with van der Waals surface area (Å²) in [5.41, 5.74) is 6.95. The molecule has 3 rings (SSSR count). The van der Waals surface area contributed by atoms with Crippen LogP contribution >= 0.6 is 0 Å². The van der Waals surface area contributed by atoms with Gasteiger partial charge in [-0.1, -0.05) is 18.2 Å². The van der Waals surface area contributed by atoms with E-state index in [1.807, 2.05) is 30.3 Å². The highest BCUT2D eigenvalue weighted by Crippen LogP contribution is 2.28. The number of benzene rings is 2. The molecule has 0 spiro atoms. The minimum Gasteiger partial charge on any atom is -0.398 e. The van der Waals surface area contributed by atoms with E-state index in [9.17, 15) is 8.78 Å². The molecule has 0 amide bonds. The van der Waals surface area contributed by atoms with Crippen LogP contribution in [0.5, 0.6) is 0 Å². The third-order valence-corrected chi connectivity index (χ3v) is 2.92. The molecule has 2 aromatic carbocycles. The summed E-state index contributed by atoms with van der Waals surface area (Å²) in [7, 11) is 0. The molecule has 0 aliphatic rings. The van der Waals surface area contributed by atoms with Gasteiger partial charge in [-0.25, -0.2) is 8.78 Å². The normalized spacial score (nSPS) is 10.7. The van der Waals surface area contributed by atoms with Gasteiger partial charge >= 0.3 is 0 Å². The van der Waals surface area contributed by atoms with Gasteiger partial charge in [0.25, 0.3) is 0 Å². The first-order valence-corrected chi connectivity index (χ1v) is 5.87. The molecule has 3 aromatic rings. The fourth-order valence-corrected chi connectivity index (χ4v) is 1.95. The van der Waals surface area contributed by atoms with Crippen LogP contribution in [0.15, 0.2) is 48.8 Å². The minimum atomic E-state index is -0.989. The molecular weight excluding hydrogens is 262 g/mol. The Bertz CT molecular complexity index is 753. The van der Waals surface area contributed by atoms with Crippen LogP contribution in [0.3, 0.4) is 0 Å². The summed E-state index contributed by atoms with van der Waals surface area (Å²) in [6, 6.07) is 11.2. The maximum absolute atomic E-state index is 13.4. The molecule has 20 heavy (non-hydrogen) atoms. The zero-order valence-corrected chi connectivity index (χ0v) is 10.3. The molecule has 0 fully saturated rings. The van der Waals surface area contributed by atoms with E-state index in [2.05, 4.69) is 10.2 Å². The third kappa shape index (κ3) is 2.01. The number of anilines is 1. The number of hydrogen-bond acceptors (Lipinski definition) is 3. The Hall–Kier alpha value is -2.76. The van der Waals surface area contributed by atoms with Crippen molar-refractivity contribution in [2.45, 2.75) is 0 Å². The molecule has 0 radical (unpaired) electrons. The number of nitrogen functional groups attached to an aromatic ring is 1. The van der Waals surface area contributed by atoms with Crippen LogP contribution < -0.4 is 5.73 Å². The summed E-state index contributed by atoms with van der Waals surface area (Å²) in [6.45, 7) is 0. The predicted molar refractivity (Wildman–Crippen MR) is 71.1 cm³/mol. The SMILES string of the molecule is Nc1cc(F)c(F)cc1-c1nncn1-c1ccccc1. The highest BCUT2D eigenvalue weighted by atomic mass is 19.2. The summed E-state index contributed by atoms with van der Waals surface area (Å²) in [6.07, 6.45) is 1.49. The highest BCUT2D eigenvalue weighted by molar-refractivity contribution is 5.72. The maximum atomic E-state index is 13.4. The van der Waals surface area contributed by atoms with Crippen molar-refractivity contribution in [3.05, 3.63) is 60.4 Å². The summed E-state index contributed by atoms with van der Waals surface area (Å²) >= 11 is 0. The monoisotopic (exact) mass is 272 g/mol. The fourth-order valence-electron chi connectivity index (χ4n) is 1.95. The quantitative estimate of drug-likeness (QED) is 0.730. The van der Waals surface area contributed by atoms with E-state index in [1.54, 1.807) is 4.57 Å². The van der Waals surface area contributed by atoms with Crippen molar-refractivity contribution in [2.75, 3.05) is 5.73 Å². The summed E-state index contributed by atoms with van der Waals surface area (Å²) in [5, 5.41) is 7.75. The van der Waals surface area contributed by atoms with E-state index in [-0.39, 0.29) is 5.69 Å². The van der Waals surface area contributed by atoms with Crippen molar-refractivity contribution in [3.8, 4) is 17.1 Å². The standard InChI is InChI=1S/C14H10F2N4/c15-11-6-10(13(17)7-12(11)16)14-19-18-8-20(14)9-4-2-1-3-5-9/h1-8H,17H2. The molecular formula is C14H10F2N4. The van der Waals surface area contributed by atoms with E-state index in [1.165, 1.54) is 6.33 Å². The predicted octanol–water partition coefficient (Wildman–Crippen LogP) is 2.79. The molecule has 0 aliphatic heterocycles. The fraction of sp³-hybridized carbons (Fsp3) is 0. The van der Waals surface area contributed by atoms with Crippen molar-refractivity contribution in [1.29, 1.82) is 0 Å². The van der Waals surface area contributed by atoms with Gasteiger partial charge in [0.15, 0.2) is 17.5 Å². The van der Waals surface area contributed by atoms with Crippen molar-refractivity contribution in [3.63, 3.8) is 0 Å². The van der Waals surface area contributed by atoms with Crippen LogP contribution in [-0.2, 0) is 0 Å². The number of rotatable bonds is 2. The molecule has 0 saturated carbocycles. The number of para-hydroxylation sites is 1. The number of aromatic nitrogens is 3. The minimum absolute atomic E-state index is 0.106. The maximum Gasteiger partial charge on any atom is 0.170 e. The Labute approximate surface area is 113 Å². The second-order valence-electron chi connectivity index (χ2n) is 4.21. The lowest BCUT2D eigenvalue weighted by Gasteiger charge is -2.09. The first-order valence-electron chi connectivity index (χ1n) is 5.87. The molecule has 0 unspecified atom stereocenters. The van der Waals surface area contributed by atoms with E-state index in [0.717, 1.165) is 17.8 Å². The summed E-state index contributed by atoms with van der Waals surface area (Å²) in [5.74, 6) is -1.61. The topological polar surface area (TPSA) is 56.7 Å².